The van der Waals surface area contributed by atoms with Gasteiger partial charge in [0.2, 0.25) is 0 Å². The molecule has 0 bridgehead atoms. The molecule has 2 nitrogen and oxygen atoms in total. The van der Waals surface area contributed by atoms with E-state index in [2.05, 4.69) is 24.6 Å². The van der Waals surface area contributed by atoms with E-state index >= 15 is 0 Å². The van der Waals surface area contributed by atoms with Crippen LogP contribution < -0.4 is 5.73 Å². The first-order valence-corrected chi connectivity index (χ1v) is 4.92. The molecule has 0 aliphatic carbocycles. The second kappa shape index (κ2) is 7.27. The molecule has 0 aromatic carbocycles. The molecule has 0 rings (SSSR count). The lowest BCUT2D eigenvalue weighted by atomic mass is 10.0. The van der Waals surface area contributed by atoms with Crippen molar-refractivity contribution in [3.8, 4) is 0 Å². The van der Waals surface area contributed by atoms with Gasteiger partial charge in [-0.2, -0.15) is 0 Å². The van der Waals surface area contributed by atoms with Gasteiger partial charge in [0.05, 0.1) is 5.70 Å². The van der Waals surface area contributed by atoms with Crippen molar-refractivity contribution in [3.05, 3.63) is 35.6 Å². The van der Waals surface area contributed by atoms with Gasteiger partial charge < -0.3 is 5.73 Å². The molecule has 0 saturated heterocycles. The van der Waals surface area contributed by atoms with Crippen molar-refractivity contribution >= 4 is 6.21 Å². The summed E-state index contributed by atoms with van der Waals surface area (Å²) in [6, 6.07) is 0. The van der Waals surface area contributed by atoms with E-state index in [0.717, 1.165) is 23.3 Å². The largest absolute Gasteiger partial charge is 0.327 e. The maximum absolute atomic E-state index is 5.49. The number of nitrogens with two attached hydrogens (primary N) is 1. The van der Waals surface area contributed by atoms with Crippen LogP contribution in [-0.2, 0) is 0 Å². The smallest absolute Gasteiger partial charge is 0.0669 e. The molecule has 78 valence electrons. The number of nitrogens with zero attached hydrogens (tertiary/aromatic N) is 1. The molecule has 0 aromatic rings. The predicted octanol–water partition coefficient (Wildman–Crippen LogP) is 2.83. The molecule has 2 N–H and O–H groups in total. The predicted molar refractivity (Wildman–Crippen MR) is 64.5 cm³/mol. The molecule has 0 aromatic heterocycles. The fraction of sp³-hybridized carbons (Fsp3) is 0.417. The normalized spacial score (nSPS) is 13.7. The Morgan fingerprint density at radius 3 is 2.43 bits per heavy atom. The molecule has 14 heavy (non-hydrogen) atoms. The Morgan fingerprint density at radius 2 is 2.07 bits per heavy atom. The zero-order valence-corrected chi connectivity index (χ0v) is 9.38. The third-order valence-corrected chi connectivity index (χ3v) is 1.72. The second-order valence-corrected chi connectivity index (χ2v) is 3.02. The Hall–Kier alpha value is -1.15. The molecule has 0 aliphatic rings. The summed E-state index contributed by atoms with van der Waals surface area (Å²) < 4.78 is 0. The van der Waals surface area contributed by atoms with Gasteiger partial charge >= 0.3 is 0 Å². The van der Waals surface area contributed by atoms with Crippen LogP contribution in [0.15, 0.2) is 40.6 Å². The van der Waals surface area contributed by atoms with Crippen LogP contribution in [0.25, 0.3) is 0 Å². The van der Waals surface area contributed by atoms with Gasteiger partial charge in [0.25, 0.3) is 0 Å². The van der Waals surface area contributed by atoms with Crippen molar-refractivity contribution in [2.24, 2.45) is 10.7 Å². The quantitative estimate of drug-likeness (QED) is 0.528. The second-order valence-electron chi connectivity index (χ2n) is 3.02. The topological polar surface area (TPSA) is 38.4 Å². The first-order chi connectivity index (χ1) is 6.67. The minimum absolute atomic E-state index is 0.501. The number of hydrogen-bond donors (Lipinski definition) is 1. The van der Waals surface area contributed by atoms with Crippen LogP contribution in [0.1, 0.15) is 27.2 Å². The fourth-order valence-electron chi connectivity index (χ4n) is 1.18. The van der Waals surface area contributed by atoms with Gasteiger partial charge in [0.1, 0.15) is 0 Å². The molecule has 0 aliphatic heterocycles. The molecule has 0 atom stereocenters. The van der Waals surface area contributed by atoms with Crippen molar-refractivity contribution in [3.63, 3.8) is 0 Å². The van der Waals surface area contributed by atoms with E-state index in [4.69, 9.17) is 5.73 Å². The highest BCUT2D eigenvalue weighted by Gasteiger charge is 2.02. The van der Waals surface area contributed by atoms with Gasteiger partial charge in [-0.15, -0.1) is 0 Å². The number of allylic oxidation sites excluding steroid dienone is 2. The van der Waals surface area contributed by atoms with Gasteiger partial charge in [0.15, 0.2) is 0 Å². The zero-order chi connectivity index (χ0) is 11.0. The standard InChI is InChI=1S/C12H20N2/c1-5-7-11(10(3)4)12(8-9-13)14-6-2/h6-8H,3,5,9,13H2,1-2,4H3/b11-7-,12-8+,14-6-. The average Bonchev–Trinajstić information content (AvgIpc) is 2.13. The first kappa shape index (κ1) is 12.8. The Morgan fingerprint density at radius 1 is 1.43 bits per heavy atom. The van der Waals surface area contributed by atoms with Gasteiger partial charge in [-0.1, -0.05) is 19.6 Å². The number of rotatable bonds is 5. The van der Waals surface area contributed by atoms with Gasteiger partial charge in [0, 0.05) is 12.8 Å². The summed E-state index contributed by atoms with van der Waals surface area (Å²) in [5, 5.41) is 0. The van der Waals surface area contributed by atoms with E-state index in [0.29, 0.717) is 6.54 Å². The SMILES string of the molecule is C=C(C)C(=C/CC)/C(=C\CN)/N=C\C. The molecule has 2 heteroatoms. The minimum Gasteiger partial charge on any atom is -0.327 e. The lowest BCUT2D eigenvalue weighted by molar-refractivity contribution is 1.14. The van der Waals surface area contributed by atoms with Crippen molar-refractivity contribution in [2.75, 3.05) is 6.54 Å². The van der Waals surface area contributed by atoms with Crippen molar-refractivity contribution in [1.82, 2.24) is 0 Å². The maximum Gasteiger partial charge on any atom is 0.0669 e. The third-order valence-electron chi connectivity index (χ3n) is 1.72. The number of aliphatic imine (C=N–C) groups is 1. The Kier molecular flexibility index (Phi) is 6.68. The van der Waals surface area contributed by atoms with Crippen LogP contribution in [0.5, 0.6) is 0 Å². The Balaban J connectivity index is 5.03. The van der Waals surface area contributed by atoms with E-state index in [9.17, 15) is 0 Å². The molecule has 0 fully saturated rings. The van der Waals surface area contributed by atoms with E-state index in [-0.39, 0.29) is 0 Å². The van der Waals surface area contributed by atoms with Crippen LogP contribution in [-0.4, -0.2) is 12.8 Å². The molecule has 0 spiro atoms. The van der Waals surface area contributed by atoms with Crippen LogP contribution in [0.3, 0.4) is 0 Å². The summed E-state index contributed by atoms with van der Waals surface area (Å²) >= 11 is 0. The number of hydrogen-bond acceptors (Lipinski definition) is 2. The lowest BCUT2D eigenvalue weighted by Crippen LogP contribution is -1.98. The maximum atomic E-state index is 5.49. The highest BCUT2D eigenvalue weighted by molar-refractivity contribution is 5.59. The van der Waals surface area contributed by atoms with E-state index in [1.807, 2.05) is 19.9 Å². The third kappa shape index (κ3) is 4.19. The van der Waals surface area contributed by atoms with Crippen LogP contribution >= 0.6 is 0 Å². The molecule has 0 radical (unpaired) electrons. The van der Waals surface area contributed by atoms with Gasteiger partial charge in [-0.05, 0) is 37.5 Å². The monoisotopic (exact) mass is 192 g/mol. The summed E-state index contributed by atoms with van der Waals surface area (Å²) in [6.45, 7) is 10.4. The average molecular weight is 192 g/mol. The van der Waals surface area contributed by atoms with Crippen LogP contribution in [0, 0.1) is 0 Å². The summed E-state index contributed by atoms with van der Waals surface area (Å²) in [5.74, 6) is 0. The lowest BCUT2D eigenvalue weighted by Gasteiger charge is -2.07. The van der Waals surface area contributed by atoms with E-state index in [1.54, 1.807) is 6.21 Å². The highest BCUT2D eigenvalue weighted by Crippen LogP contribution is 2.19. The molecule has 0 heterocycles. The minimum atomic E-state index is 0.501. The Bertz CT molecular complexity index is 270. The molecule has 0 amide bonds. The fourth-order valence-corrected chi connectivity index (χ4v) is 1.18. The van der Waals surface area contributed by atoms with E-state index in [1.165, 1.54) is 0 Å². The molecule has 0 saturated carbocycles. The zero-order valence-electron chi connectivity index (χ0n) is 9.38. The van der Waals surface area contributed by atoms with Crippen molar-refractivity contribution in [2.45, 2.75) is 27.2 Å². The van der Waals surface area contributed by atoms with Crippen LogP contribution in [0.2, 0.25) is 0 Å². The van der Waals surface area contributed by atoms with E-state index < -0.39 is 0 Å². The molecular weight excluding hydrogens is 172 g/mol. The summed E-state index contributed by atoms with van der Waals surface area (Å²) in [4.78, 5) is 4.28. The van der Waals surface area contributed by atoms with Crippen molar-refractivity contribution in [1.29, 1.82) is 0 Å². The summed E-state index contributed by atoms with van der Waals surface area (Å²) in [7, 11) is 0. The van der Waals surface area contributed by atoms with Crippen molar-refractivity contribution < 1.29 is 0 Å². The van der Waals surface area contributed by atoms with Gasteiger partial charge in [-0.3, -0.25) is 4.99 Å². The first-order valence-electron chi connectivity index (χ1n) is 4.92. The Labute approximate surface area is 86.9 Å². The highest BCUT2D eigenvalue weighted by atomic mass is 14.7. The van der Waals surface area contributed by atoms with Gasteiger partial charge in [-0.25, -0.2) is 0 Å². The summed E-state index contributed by atoms with van der Waals surface area (Å²) in [6.07, 6.45) is 6.78. The molecule has 0 unspecified atom stereocenters. The van der Waals surface area contributed by atoms with Crippen LogP contribution in [0.4, 0.5) is 0 Å². The summed E-state index contributed by atoms with van der Waals surface area (Å²) in [5.41, 5.74) is 8.53. The molecular formula is C12H20N2.